The molecule has 6 N–H and O–H groups in total. The van der Waals surface area contributed by atoms with Crippen LogP contribution >= 0.6 is 0 Å². The molecule has 1 aromatic carbocycles. The van der Waals surface area contributed by atoms with Gasteiger partial charge in [-0.25, -0.2) is 0 Å². The van der Waals surface area contributed by atoms with Gasteiger partial charge in [0, 0.05) is 58.7 Å². The maximum Gasteiger partial charge on any atom is 0.221 e. The number of amides is 2. The fourth-order valence-corrected chi connectivity index (χ4v) is 2.85. The Kier molecular flexibility index (Phi) is 18.0. The second-order valence-electron chi connectivity index (χ2n) is 7.38. The fourth-order valence-electron chi connectivity index (χ4n) is 2.85. The van der Waals surface area contributed by atoms with Gasteiger partial charge in [-0.15, -0.1) is 0 Å². The van der Waals surface area contributed by atoms with Crippen molar-refractivity contribution in [2.45, 2.75) is 19.4 Å². The first-order chi connectivity index (χ1) is 16.2. The standard InChI is InChI=1S/C23H41N5O5/c24-8-10-26-22(29)6-12-28(13-7-23(30)27-11-9-25)14-15-31-16-17-32-18-19-33-20-21-4-2-1-3-5-21/h1-5H,6-20,24-25H2,(H,26,29)(H,27,30). The molecule has 0 heterocycles. The van der Waals surface area contributed by atoms with E-state index in [1.54, 1.807) is 0 Å². The Labute approximate surface area is 197 Å². The normalized spacial score (nSPS) is 11.0. The topological polar surface area (TPSA) is 141 Å². The smallest absolute Gasteiger partial charge is 0.221 e. The largest absolute Gasteiger partial charge is 0.378 e. The molecule has 1 rings (SSSR count). The van der Waals surface area contributed by atoms with Crippen LogP contribution in [0.1, 0.15) is 18.4 Å². The molecular formula is C23H41N5O5. The minimum atomic E-state index is -0.0539. The molecule has 2 amide bonds. The van der Waals surface area contributed by atoms with Crippen molar-refractivity contribution in [2.24, 2.45) is 11.5 Å². The number of benzene rings is 1. The summed E-state index contributed by atoms with van der Waals surface area (Å²) in [6.45, 7) is 6.50. The van der Waals surface area contributed by atoms with Gasteiger partial charge < -0.3 is 41.2 Å². The van der Waals surface area contributed by atoms with Crippen molar-refractivity contribution in [1.82, 2.24) is 15.5 Å². The number of rotatable bonds is 21. The molecule has 0 aliphatic rings. The van der Waals surface area contributed by atoms with Crippen LogP contribution < -0.4 is 22.1 Å². The zero-order chi connectivity index (χ0) is 24.0. The van der Waals surface area contributed by atoms with Crippen LogP contribution in [-0.2, 0) is 30.4 Å². The SMILES string of the molecule is NCCNC(=O)CCN(CCOCCOCCOCc1ccccc1)CCC(=O)NCCN. The molecule has 0 spiro atoms. The third-order valence-electron chi connectivity index (χ3n) is 4.65. The van der Waals surface area contributed by atoms with E-state index in [1.807, 2.05) is 35.2 Å². The molecule has 0 saturated carbocycles. The molecule has 0 aliphatic heterocycles. The van der Waals surface area contributed by atoms with E-state index in [4.69, 9.17) is 25.7 Å². The van der Waals surface area contributed by atoms with Gasteiger partial charge in [0.1, 0.15) is 0 Å². The summed E-state index contributed by atoms with van der Waals surface area (Å²) in [4.78, 5) is 25.7. The van der Waals surface area contributed by atoms with Gasteiger partial charge in [-0.1, -0.05) is 30.3 Å². The van der Waals surface area contributed by atoms with Gasteiger partial charge in [-0.2, -0.15) is 0 Å². The summed E-state index contributed by atoms with van der Waals surface area (Å²) in [5.74, 6) is -0.108. The highest BCUT2D eigenvalue weighted by Crippen LogP contribution is 2.00. The molecule has 188 valence electrons. The van der Waals surface area contributed by atoms with Gasteiger partial charge >= 0.3 is 0 Å². The Morgan fingerprint density at radius 1 is 0.727 bits per heavy atom. The van der Waals surface area contributed by atoms with Crippen LogP contribution in [0.4, 0.5) is 0 Å². The number of nitrogens with two attached hydrogens (primary N) is 2. The van der Waals surface area contributed by atoms with Crippen molar-refractivity contribution in [3.05, 3.63) is 35.9 Å². The van der Waals surface area contributed by atoms with Gasteiger partial charge in [-0.3, -0.25) is 9.59 Å². The van der Waals surface area contributed by atoms with Crippen molar-refractivity contribution >= 4 is 11.8 Å². The van der Waals surface area contributed by atoms with Crippen molar-refractivity contribution in [2.75, 3.05) is 78.8 Å². The quantitative estimate of drug-likeness (QED) is 0.177. The third kappa shape index (κ3) is 17.1. The van der Waals surface area contributed by atoms with Crippen molar-refractivity contribution in [1.29, 1.82) is 0 Å². The van der Waals surface area contributed by atoms with Gasteiger partial charge in [0.25, 0.3) is 0 Å². The molecule has 0 aliphatic carbocycles. The van der Waals surface area contributed by atoms with Crippen LogP contribution in [0.25, 0.3) is 0 Å². The first-order valence-corrected chi connectivity index (χ1v) is 11.6. The highest BCUT2D eigenvalue weighted by molar-refractivity contribution is 5.76. The first-order valence-electron chi connectivity index (χ1n) is 11.6. The average molecular weight is 468 g/mol. The molecule has 10 nitrogen and oxygen atoms in total. The Bertz CT molecular complexity index is 597. The fraction of sp³-hybridized carbons (Fsp3) is 0.652. The summed E-state index contributed by atoms with van der Waals surface area (Å²) in [6, 6.07) is 10.0. The lowest BCUT2D eigenvalue weighted by Gasteiger charge is -2.22. The maximum absolute atomic E-state index is 11.8. The van der Waals surface area contributed by atoms with E-state index in [0.717, 1.165) is 5.56 Å². The van der Waals surface area contributed by atoms with Crippen LogP contribution in [0.2, 0.25) is 0 Å². The minimum absolute atomic E-state index is 0.0539. The lowest BCUT2D eigenvalue weighted by molar-refractivity contribution is -0.121. The van der Waals surface area contributed by atoms with E-state index >= 15 is 0 Å². The molecule has 0 unspecified atom stereocenters. The van der Waals surface area contributed by atoms with Gasteiger partial charge in [-0.05, 0) is 5.56 Å². The Hall–Kier alpha value is -2.08. The number of carbonyl (C=O) groups excluding carboxylic acids is 2. The average Bonchev–Trinajstić information content (AvgIpc) is 2.84. The summed E-state index contributed by atoms with van der Waals surface area (Å²) >= 11 is 0. The van der Waals surface area contributed by atoms with Crippen molar-refractivity contribution in [3.63, 3.8) is 0 Å². The highest BCUT2D eigenvalue weighted by atomic mass is 16.5. The van der Waals surface area contributed by atoms with E-state index < -0.39 is 0 Å². The van der Waals surface area contributed by atoms with Crippen LogP contribution in [0, 0.1) is 0 Å². The third-order valence-corrected chi connectivity index (χ3v) is 4.65. The van der Waals surface area contributed by atoms with Gasteiger partial charge in [0.15, 0.2) is 0 Å². The summed E-state index contributed by atoms with van der Waals surface area (Å²) in [6.07, 6.45) is 0.688. The van der Waals surface area contributed by atoms with Crippen LogP contribution in [-0.4, -0.2) is 95.6 Å². The van der Waals surface area contributed by atoms with Crippen LogP contribution in [0.3, 0.4) is 0 Å². The number of hydrogen-bond acceptors (Lipinski definition) is 8. The van der Waals surface area contributed by atoms with Gasteiger partial charge in [0.05, 0.1) is 39.6 Å². The van der Waals surface area contributed by atoms with E-state index in [2.05, 4.69) is 10.6 Å². The molecule has 0 radical (unpaired) electrons. The second kappa shape index (κ2) is 20.5. The number of ether oxygens (including phenoxy) is 3. The molecule has 33 heavy (non-hydrogen) atoms. The van der Waals surface area contributed by atoms with E-state index in [-0.39, 0.29) is 11.8 Å². The summed E-state index contributed by atoms with van der Waals surface area (Å²) in [7, 11) is 0. The predicted octanol–water partition coefficient (Wildman–Crippen LogP) is -0.532. The molecule has 1 aromatic rings. The van der Waals surface area contributed by atoms with Gasteiger partial charge in [0.2, 0.25) is 11.8 Å². The number of nitrogens with zero attached hydrogens (tertiary/aromatic N) is 1. The van der Waals surface area contributed by atoms with E-state index in [1.165, 1.54) is 0 Å². The Morgan fingerprint density at radius 3 is 1.79 bits per heavy atom. The molecule has 0 aromatic heterocycles. The zero-order valence-electron chi connectivity index (χ0n) is 19.6. The van der Waals surface area contributed by atoms with Crippen molar-refractivity contribution in [3.8, 4) is 0 Å². The Morgan fingerprint density at radius 2 is 1.24 bits per heavy atom. The number of nitrogens with one attached hydrogen (secondary N) is 2. The van der Waals surface area contributed by atoms with E-state index in [0.29, 0.717) is 98.3 Å². The minimum Gasteiger partial charge on any atom is -0.378 e. The molecule has 0 saturated heterocycles. The second-order valence-corrected chi connectivity index (χ2v) is 7.38. The maximum atomic E-state index is 11.8. The molecule has 0 fully saturated rings. The summed E-state index contributed by atoms with van der Waals surface area (Å²) in [5, 5.41) is 5.51. The molecule has 0 atom stereocenters. The highest BCUT2D eigenvalue weighted by Gasteiger charge is 2.10. The zero-order valence-corrected chi connectivity index (χ0v) is 19.6. The van der Waals surface area contributed by atoms with Crippen molar-refractivity contribution < 1.29 is 23.8 Å². The number of hydrogen-bond donors (Lipinski definition) is 4. The van der Waals surface area contributed by atoms with E-state index in [9.17, 15) is 9.59 Å². The predicted molar refractivity (Wildman–Crippen MR) is 128 cm³/mol. The van der Waals surface area contributed by atoms with Crippen LogP contribution in [0.15, 0.2) is 30.3 Å². The monoisotopic (exact) mass is 467 g/mol. The first kappa shape index (κ1) is 29.0. The lowest BCUT2D eigenvalue weighted by Crippen LogP contribution is -2.37. The molecule has 10 heteroatoms. The molecular weight excluding hydrogens is 426 g/mol. The Balaban J connectivity index is 2.13. The number of carbonyl (C=O) groups is 2. The summed E-state index contributed by atoms with van der Waals surface area (Å²) < 4.78 is 16.7. The summed E-state index contributed by atoms with van der Waals surface area (Å²) in [5.41, 5.74) is 11.9. The van der Waals surface area contributed by atoms with Crippen LogP contribution in [0.5, 0.6) is 0 Å². The lowest BCUT2D eigenvalue weighted by atomic mass is 10.2. The molecule has 0 bridgehead atoms.